The highest BCUT2D eigenvalue weighted by molar-refractivity contribution is 7.09. The summed E-state index contributed by atoms with van der Waals surface area (Å²) < 4.78 is 0. The highest BCUT2D eigenvalue weighted by Gasteiger charge is 2.06. The molecule has 2 N–H and O–H groups in total. The zero-order chi connectivity index (χ0) is 14.5. The highest BCUT2D eigenvalue weighted by Crippen LogP contribution is 2.08. The number of carbonyl (C=O) groups excluding carboxylic acids is 1. The first kappa shape index (κ1) is 14.4. The Balaban J connectivity index is 1.80. The molecule has 1 amide bonds. The molecule has 106 valence electrons. The van der Waals surface area contributed by atoms with E-state index < -0.39 is 0 Å². The zero-order valence-corrected chi connectivity index (χ0v) is 12.2. The molecule has 20 heavy (non-hydrogen) atoms. The topological polar surface area (TPSA) is 87.7 Å². The van der Waals surface area contributed by atoms with Gasteiger partial charge in [0.15, 0.2) is 0 Å². The standard InChI is InChI=1S/C13H16N4O2S/c1-8-5-13(19)17-11(15-8)3-4-14-12(18)6-10-7-20-9(2)16-10/h5,7H,3-4,6H2,1-2H3,(H,14,18)(H,15,17,19). The van der Waals surface area contributed by atoms with Crippen molar-refractivity contribution in [1.29, 1.82) is 0 Å². The highest BCUT2D eigenvalue weighted by atomic mass is 32.1. The SMILES string of the molecule is Cc1cc(=O)[nH]c(CCNC(=O)Cc2csc(C)n2)n1. The Morgan fingerprint density at radius 3 is 2.85 bits per heavy atom. The summed E-state index contributed by atoms with van der Waals surface area (Å²) in [6, 6.07) is 1.44. The van der Waals surface area contributed by atoms with Gasteiger partial charge < -0.3 is 10.3 Å². The number of thiazole rings is 1. The second kappa shape index (κ2) is 6.42. The van der Waals surface area contributed by atoms with Crippen LogP contribution in [-0.2, 0) is 17.6 Å². The predicted octanol–water partition coefficient (Wildman–Crippen LogP) is 0.745. The third-order valence-electron chi connectivity index (χ3n) is 2.61. The first-order chi connectivity index (χ1) is 9.52. The fourth-order valence-electron chi connectivity index (χ4n) is 1.80. The maximum absolute atomic E-state index is 11.7. The minimum atomic E-state index is -0.170. The van der Waals surface area contributed by atoms with Gasteiger partial charge in [-0.15, -0.1) is 11.3 Å². The molecule has 7 heteroatoms. The van der Waals surface area contributed by atoms with E-state index in [1.807, 2.05) is 12.3 Å². The Kier molecular flexibility index (Phi) is 4.62. The molecule has 0 fully saturated rings. The number of aromatic nitrogens is 3. The van der Waals surface area contributed by atoms with E-state index in [4.69, 9.17) is 0 Å². The lowest BCUT2D eigenvalue weighted by Crippen LogP contribution is -2.28. The van der Waals surface area contributed by atoms with Crippen LogP contribution >= 0.6 is 11.3 Å². The minimum Gasteiger partial charge on any atom is -0.355 e. The number of aromatic amines is 1. The molecule has 0 aliphatic heterocycles. The van der Waals surface area contributed by atoms with E-state index in [1.54, 1.807) is 6.92 Å². The van der Waals surface area contributed by atoms with Crippen molar-refractivity contribution in [3.05, 3.63) is 44.0 Å². The van der Waals surface area contributed by atoms with Gasteiger partial charge in [-0.1, -0.05) is 0 Å². The summed E-state index contributed by atoms with van der Waals surface area (Å²) >= 11 is 1.53. The van der Waals surface area contributed by atoms with E-state index in [9.17, 15) is 9.59 Å². The van der Waals surface area contributed by atoms with Crippen LogP contribution in [0.3, 0.4) is 0 Å². The second-order valence-electron chi connectivity index (χ2n) is 4.47. The van der Waals surface area contributed by atoms with Crippen molar-refractivity contribution >= 4 is 17.2 Å². The van der Waals surface area contributed by atoms with Crippen LogP contribution in [0.1, 0.15) is 22.2 Å². The van der Waals surface area contributed by atoms with Gasteiger partial charge in [0.25, 0.3) is 5.56 Å². The molecule has 2 aromatic heterocycles. The van der Waals surface area contributed by atoms with Crippen molar-refractivity contribution in [2.75, 3.05) is 6.54 Å². The quantitative estimate of drug-likeness (QED) is 0.851. The Bertz CT molecular complexity index is 662. The van der Waals surface area contributed by atoms with E-state index in [-0.39, 0.29) is 17.9 Å². The first-order valence-electron chi connectivity index (χ1n) is 6.27. The number of amides is 1. The lowest BCUT2D eigenvalue weighted by atomic mass is 10.3. The summed E-state index contributed by atoms with van der Waals surface area (Å²) in [4.78, 5) is 34.1. The molecule has 0 atom stereocenters. The summed E-state index contributed by atoms with van der Waals surface area (Å²) in [5.41, 5.74) is 1.29. The molecule has 0 bridgehead atoms. The third-order valence-corrected chi connectivity index (χ3v) is 3.43. The molecule has 0 aliphatic carbocycles. The summed E-state index contributed by atoms with van der Waals surface area (Å²) in [5, 5.41) is 5.63. The van der Waals surface area contributed by atoms with Crippen molar-refractivity contribution in [1.82, 2.24) is 20.3 Å². The fraction of sp³-hybridized carbons (Fsp3) is 0.385. The Morgan fingerprint density at radius 2 is 2.20 bits per heavy atom. The molecule has 2 rings (SSSR count). The lowest BCUT2D eigenvalue weighted by molar-refractivity contribution is -0.120. The molecule has 0 saturated heterocycles. The summed E-state index contributed by atoms with van der Waals surface area (Å²) in [5.74, 6) is 0.505. The van der Waals surface area contributed by atoms with Gasteiger partial charge >= 0.3 is 0 Å². The van der Waals surface area contributed by atoms with E-state index in [0.29, 0.717) is 24.5 Å². The van der Waals surface area contributed by atoms with E-state index in [2.05, 4.69) is 20.3 Å². The lowest BCUT2D eigenvalue weighted by Gasteiger charge is -2.04. The van der Waals surface area contributed by atoms with Crippen LogP contribution < -0.4 is 10.9 Å². The monoisotopic (exact) mass is 292 g/mol. The fourth-order valence-corrected chi connectivity index (χ4v) is 2.41. The minimum absolute atomic E-state index is 0.0784. The summed E-state index contributed by atoms with van der Waals surface area (Å²) in [7, 11) is 0. The van der Waals surface area contributed by atoms with E-state index in [1.165, 1.54) is 17.4 Å². The number of H-pyrrole nitrogens is 1. The number of hydrogen-bond acceptors (Lipinski definition) is 5. The summed E-state index contributed by atoms with van der Waals surface area (Å²) in [6.07, 6.45) is 0.779. The zero-order valence-electron chi connectivity index (χ0n) is 11.4. The Hall–Kier alpha value is -2.02. The predicted molar refractivity (Wildman–Crippen MR) is 76.9 cm³/mol. The van der Waals surface area contributed by atoms with Crippen LogP contribution in [0.2, 0.25) is 0 Å². The largest absolute Gasteiger partial charge is 0.355 e. The smallest absolute Gasteiger partial charge is 0.251 e. The van der Waals surface area contributed by atoms with E-state index >= 15 is 0 Å². The Labute approximate surface area is 120 Å². The first-order valence-corrected chi connectivity index (χ1v) is 7.15. The van der Waals surface area contributed by atoms with Gasteiger partial charge in [-0.3, -0.25) is 9.59 Å². The average Bonchev–Trinajstić information content (AvgIpc) is 2.73. The van der Waals surface area contributed by atoms with Gasteiger partial charge in [0.05, 0.1) is 17.1 Å². The molecular formula is C13H16N4O2S. The number of rotatable bonds is 5. The van der Waals surface area contributed by atoms with Gasteiger partial charge in [0.2, 0.25) is 5.91 Å². The molecule has 2 heterocycles. The van der Waals surface area contributed by atoms with Crippen LogP contribution in [0.25, 0.3) is 0 Å². The normalized spacial score (nSPS) is 10.5. The Morgan fingerprint density at radius 1 is 1.40 bits per heavy atom. The van der Waals surface area contributed by atoms with Crippen LogP contribution in [-0.4, -0.2) is 27.4 Å². The number of hydrogen-bond donors (Lipinski definition) is 2. The molecule has 6 nitrogen and oxygen atoms in total. The van der Waals surface area contributed by atoms with Gasteiger partial charge in [0.1, 0.15) is 5.82 Å². The third kappa shape index (κ3) is 4.27. The number of aryl methyl sites for hydroxylation is 2. The molecule has 0 unspecified atom stereocenters. The molecule has 0 spiro atoms. The van der Waals surface area contributed by atoms with Crippen LogP contribution in [0, 0.1) is 13.8 Å². The van der Waals surface area contributed by atoms with Crippen molar-refractivity contribution in [2.45, 2.75) is 26.7 Å². The maximum atomic E-state index is 11.7. The van der Waals surface area contributed by atoms with Crippen LogP contribution in [0.4, 0.5) is 0 Å². The van der Waals surface area contributed by atoms with Crippen molar-refractivity contribution in [3.8, 4) is 0 Å². The van der Waals surface area contributed by atoms with Gasteiger partial charge in [-0.05, 0) is 13.8 Å². The van der Waals surface area contributed by atoms with Crippen LogP contribution in [0.5, 0.6) is 0 Å². The van der Waals surface area contributed by atoms with Crippen molar-refractivity contribution in [3.63, 3.8) is 0 Å². The number of nitrogens with zero attached hydrogens (tertiary/aromatic N) is 2. The molecule has 0 radical (unpaired) electrons. The molecule has 2 aromatic rings. The number of nitrogens with one attached hydrogen (secondary N) is 2. The van der Waals surface area contributed by atoms with E-state index in [0.717, 1.165) is 10.7 Å². The van der Waals surface area contributed by atoms with Gasteiger partial charge in [0, 0.05) is 30.1 Å². The van der Waals surface area contributed by atoms with Crippen LogP contribution in [0.15, 0.2) is 16.2 Å². The molecule has 0 saturated carbocycles. The van der Waals surface area contributed by atoms with Crippen molar-refractivity contribution in [2.24, 2.45) is 0 Å². The molecule has 0 aliphatic rings. The summed E-state index contributed by atoms with van der Waals surface area (Å²) in [6.45, 7) is 4.11. The average molecular weight is 292 g/mol. The molecular weight excluding hydrogens is 276 g/mol. The maximum Gasteiger partial charge on any atom is 0.251 e. The molecule has 0 aromatic carbocycles. The number of carbonyl (C=O) groups is 1. The second-order valence-corrected chi connectivity index (χ2v) is 5.53. The van der Waals surface area contributed by atoms with Gasteiger partial charge in [-0.25, -0.2) is 9.97 Å². The van der Waals surface area contributed by atoms with Crippen molar-refractivity contribution < 1.29 is 4.79 Å². The van der Waals surface area contributed by atoms with Gasteiger partial charge in [-0.2, -0.15) is 0 Å².